The highest BCUT2D eigenvalue weighted by Gasteiger charge is 2.45. The van der Waals surface area contributed by atoms with Gasteiger partial charge in [-0.1, -0.05) is 0 Å². The average Bonchev–Trinajstić information content (AvgIpc) is 3.22. The molecule has 0 spiro atoms. The molecule has 2 aliphatic heterocycles. The molecule has 0 radical (unpaired) electrons. The lowest BCUT2D eigenvalue weighted by atomic mass is 10.1. The highest BCUT2D eigenvalue weighted by atomic mass is 32.1. The first kappa shape index (κ1) is 20.2. The molecular weight excluding hydrogens is 405 g/mol. The topological polar surface area (TPSA) is 58.6 Å². The molecule has 29 heavy (non-hydrogen) atoms. The summed E-state index contributed by atoms with van der Waals surface area (Å²) in [6.07, 6.45) is -3.27. The molecule has 1 amide bonds. The molecule has 4 heterocycles. The molecule has 2 aromatic heterocycles. The Morgan fingerprint density at radius 1 is 1.28 bits per heavy atom. The minimum atomic E-state index is -4.26. The largest absolute Gasteiger partial charge is 0.444 e. The van der Waals surface area contributed by atoms with Crippen molar-refractivity contribution in [2.24, 2.45) is 5.92 Å². The smallest absolute Gasteiger partial charge is 0.410 e. The first-order valence-electron chi connectivity index (χ1n) is 9.55. The van der Waals surface area contributed by atoms with Crippen LogP contribution in [0.4, 0.5) is 23.8 Å². The maximum Gasteiger partial charge on any atom is 0.410 e. The lowest BCUT2D eigenvalue weighted by Gasteiger charge is -2.28. The van der Waals surface area contributed by atoms with Gasteiger partial charge >= 0.3 is 12.3 Å². The number of halogens is 3. The van der Waals surface area contributed by atoms with Gasteiger partial charge in [-0.3, -0.25) is 0 Å². The van der Waals surface area contributed by atoms with Crippen LogP contribution in [0.25, 0.3) is 10.2 Å². The van der Waals surface area contributed by atoms with Crippen LogP contribution in [0, 0.1) is 5.92 Å². The molecule has 6 nitrogen and oxygen atoms in total. The summed E-state index contributed by atoms with van der Waals surface area (Å²) in [6.45, 7) is 7.47. The van der Waals surface area contributed by atoms with Crippen molar-refractivity contribution in [3.05, 3.63) is 17.3 Å². The van der Waals surface area contributed by atoms with Gasteiger partial charge in [0.05, 0.1) is 17.8 Å². The van der Waals surface area contributed by atoms with Crippen molar-refractivity contribution in [3.8, 4) is 0 Å². The fourth-order valence-corrected chi connectivity index (χ4v) is 5.13. The molecule has 2 atom stereocenters. The van der Waals surface area contributed by atoms with Gasteiger partial charge in [0.2, 0.25) is 0 Å². The van der Waals surface area contributed by atoms with Gasteiger partial charge in [0.1, 0.15) is 22.6 Å². The summed E-state index contributed by atoms with van der Waals surface area (Å²) in [5.74, 6) is 0.930. The van der Waals surface area contributed by atoms with Crippen LogP contribution in [-0.4, -0.2) is 58.4 Å². The fourth-order valence-electron chi connectivity index (χ4n) is 4.11. The maximum atomic E-state index is 12.8. The molecule has 2 aliphatic rings. The van der Waals surface area contributed by atoms with E-state index >= 15 is 0 Å². The van der Waals surface area contributed by atoms with Crippen molar-refractivity contribution >= 4 is 33.5 Å². The van der Waals surface area contributed by atoms with Crippen molar-refractivity contribution in [2.45, 2.75) is 51.4 Å². The number of rotatable bonds is 2. The third kappa shape index (κ3) is 4.26. The second kappa shape index (κ2) is 7.00. The number of likely N-dealkylation sites (tertiary alicyclic amines) is 1. The molecule has 2 aromatic rings. The van der Waals surface area contributed by atoms with E-state index in [1.54, 1.807) is 11.0 Å². The third-order valence-corrected chi connectivity index (χ3v) is 6.25. The number of thiophene rings is 1. The van der Waals surface area contributed by atoms with E-state index in [1.807, 2.05) is 20.8 Å². The van der Waals surface area contributed by atoms with Gasteiger partial charge in [0, 0.05) is 30.4 Å². The number of anilines is 1. The molecule has 2 unspecified atom stereocenters. The number of nitrogens with zero attached hydrogens (tertiary/aromatic N) is 4. The predicted octanol–water partition coefficient (Wildman–Crippen LogP) is 4.24. The van der Waals surface area contributed by atoms with Gasteiger partial charge in [0.15, 0.2) is 0 Å². The van der Waals surface area contributed by atoms with Crippen LogP contribution in [0.2, 0.25) is 0 Å². The van der Waals surface area contributed by atoms with E-state index in [0.717, 1.165) is 17.8 Å². The Kier molecular flexibility index (Phi) is 4.87. The van der Waals surface area contributed by atoms with Crippen LogP contribution in [0.15, 0.2) is 12.4 Å². The minimum absolute atomic E-state index is 0.0168. The quantitative estimate of drug-likeness (QED) is 0.716. The fraction of sp³-hybridized carbons (Fsp3) is 0.632. The highest BCUT2D eigenvalue weighted by Crippen LogP contribution is 2.38. The lowest BCUT2D eigenvalue weighted by Crippen LogP contribution is -2.42. The zero-order chi connectivity index (χ0) is 21.0. The summed E-state index contributed by atoms with van der Waals surface area (Å²) in [4.78, 5) is 25.7. The van der Waals surface area contributed by atoms with Gasteiger partial charge in [0.25, 0.3) is 0 Å². The summed E-state index contributed by atoms with van der Waals surface area (Å²) >= 11 is 1.05. The lowest BCUT2D eigenvalue weighted by molar-refractivity contribution is -0.126. The van der Waals surface area contributed by atoms with Gasteiger partial charge in [-0.2, -0.15) is 13.2 Å². The second-order valence-corrected chi connectivity index (χ2v) is 9.73. The highest BCUT2D eigenvalue weighted by molar-refractivity contribution is 7.18. The number of amides is 1. The normalized spacial score (nSPS) is 22.4. The SMILES string of the molecule is CC(C)(C)OC(=O)N1CCC2CN(c3ncnc4sc(CC(F)(F)F)cc34)CC21. The number of aromatic nitrogens is 2. The van der Waals surface area contributed by atoms with Crippen LogP contribution in [0.5, 0.6) is 0 Å². The Hall–Kier alpha value is -2.10. The first-order valence-corrected chi connectivity index (χ1v) is 10.4. The number of carbonyl (C=O) groups excluding carboxylic acids is 1. The van der Waals surface area contributed by atoms with Crippen LogP contribution < -0.4 is 4.90 Å². The number of hydrogen-bond donors (Lipinski definition) is 0. The summed E-state index contributed by atoms with van der Waals surface area (Å²) in [5.41, 5.74) is -0.558. The van der Waals surface area contributed by atoms with Crippen molar-refractivity contribution in [2.75, 3.05) is 24.5 Å². The van der Waals surface area contributed by atoms with E-state index in [1.165, 1.54) is 6.33 Å². The monoisotopic (exact) mass is 428 g/mol. The van der Waals surface area contributed by atoms with Crippen LogP contribution in [-0.2, 0) is 11.2 Å². The molecular formula is C19H23F3N4O2S. The molecule has 10 heteroatoms. The molecule has 2 saturated heterocycles. The van der Waals surface area contributed by atoms with Crippen molar-refractivity contribution in [1.82, 2.24) is 14.9 Å². The predicted molar refractivity (Wildman–Crippen MR) is 104 cm³/mol. The molecule has 0 aromatic carbocycles. The van der Waals surface area contributed by atoms with Gasteiger partial charge < -0.3 is 14.5 Å². The van der Waals surface area contributed by atoms with Crippen LogP contribution in [0.1, 0.15) is 32.1 Å². The molecule has 0 bridgehead atoms. The number of hydrogen-bond acceptors (Lipinski definition) is 6. The molecule has 4 rings (SSSR count). The number of ether oxygens (including phenoxy) is 1. The Morgan fingerprint density at radius 2 is 2.03 bits per heavy atom. The summed E-state index contributed by atoms with van der Waals surface area (Å²) in [7, 11) is 0. The molecule has 0 saturated carbocycles. The van der Waals surface area contributed by atoms with E-state index in [4.69, 9.17) is 4.74 Å². The Morgan fingerprint density at radius 3 is 2.72 bits per heavy atom. The average molecular weight is 428 g/mol. The first-order chi connectivity index (χ1) is 13.5. The third-order valence-electron chi connectivity index (χ3n) is 5.21. The zero-order valence-electron chi connectivity index (χ0n) is 16.5. The van der Waals surface area contributed by atoms with Crippen molar-refractivity contribution in [3.63, 3.8) is 0 Å². The second-order valence-electron chi connectivity index (χ2n) is 8.62. The summed E-state index contributed by atoms with van der Waals surface area (Å²) < 4.78 is 43.9. The Labute approximate surface area is 170 Å². The molecule has 0 N–H and O–H groups in total. The minimum Gasteiger partial charge on any atom is -0.444 e. The van der Waals surface area contributed by atoms with E-state index in [0.29, 0.717) is 41.6 Å². The standard InChI is InChI=1S/C19H23F3N4O2S/c1-18(2,3)28-17(27)26-5-4-11-8-25(9-14(11)26)15-13-6-12(7-19(20,21)22)29-16(13)24-10-23-15/h6,10-11,14H,4-5,7-9H2,1-3H3. The number of carbonyl (C=O) groups is 1. The number of alkyl halides is 3. The van der Waals surface area contributed by atoms with E-state index in [2.05, 4.69) is 14.9 Å². The van der Waals surface area contributed by atoms with Crippen LogP contribution >= 0.6 is 11.3 Å². The Bertz CT molecular complexity index is 924. The van der Waals surface area contributed by atoms with Gasteiger partial charge in [-0.25, -0.2) is 14.8 Å². The van der Waals surface area contributed by atoms with E-state index in [9.17, 15) is 18.0 Å². The zero-order valence-corrected chi connectivity index (χ0v) is 17.3. The van der Waals surface area contributed by atoms with E-state index in [-0.39, 0.29) is 17.0 Å². The maximum absolute atomic E-state index is 12.8. The number of fused-ring (bicyclic) bond motifs is 2. The summed E-state index contributed by atoms with van der Waals surface area (Å²) in [6, 6.07) is 1.56. The Balaban J connectivity index is 1.55. The van der Waals surface area contributed by atoms with E-state index < -0.39 is 18.2 Å². The van der Waals surface area contributed by atoms with Crippen molar-refractivity contribution < 1.29 is 22.7 Å². The molecule has 2 fully saturated rings. The summed E-state index contributed by atoms with van der Waals surface area (Å²) in [5, 5.41) is 0.639. The van der Waals surface area contributed by atoms with Crippen molar-refractivity contribution in [1.29, 1.82) is 0 Å². The van der Waals surface area contributed by atoms with Crippen LogP contribution in [0.3, 0.4) is 0 Å². The molecule has 0 aliphatic carbocycles. The van der Waals surface area contributed by atoms with Gasteiger partial charge in [-0.15, -0.1) is 11.3 Å². The van der Waals surface area contributed by atoms with Gasteiger partial charge in [-0.05, 0) is 33.3 Å². The molecule has 158 valence electrons.